The van der Waals surface area contributed by atoms with E-state index >= 15 is 0 Å². The molecule has 18 heavy (non-hydrogen) atoms. The lowest BCUT2D eigenvalue weighted by Gasteiger charge is -2.04. The van der Waals surface area contributed by atoms with Gasteiger partial charge in [0.25, 0.3) is 0 Å². The summed E-state index contributed by atoms with van der Waals surface area (Å²) in [6, 6.07) is 16.4. The number of aryl methyl sites for hydroxylation is 2. The Balaban J connectivity index is 2.38. The molecule has 0 spiro atoms. The number of nitrogens with zero attached hydrogens (tertiary/aromatic N) is 1. The molecule has 0 atom stereocenters. The number of rotatable bonds is 2. The van der Waals surface area contributed by atoms with Crippen molar-refractivity contribution in [1.82, 2.24) is 0 Å². The zero-order chi connectivity index (χ0) is 13.0. The van der Waals surface area contributed by atoms with E-state index in [1.165, 1.54) is 5.56 Å². The molecule has 0 aliphatic heterocycles. The molecule has 0 aliphatic carbocycles. The second kappa shape index (κ2) is 5.33. The molecule has 0 aliphatic rings. The van der Waals surface area contributed by atoms with Crippen LogP contribution in [-0.4, -0.2) is 0 Å². The predicted molar refractivity (Wildman–Crippen MR) is 76.0 cm³/mol. The van der Waals surface area contributed by atoms with Crippen LogP contribution in [0.1, 0.15) is 27.8 Å². The molecule has 0 aromatic heterocycles. The van der Waals surface area contributed by atoms with Gasteiger partial charge in [-0.3, -0.25) is 0 Å². The van der Waals surface area contributed by atoms with Crippen LogP contribution in [0.25, 0.3) is 12.2 Å². The molecule has 1 heteroatoms. The van der Waals surface area contributed by atoms with Gasteiger partial charge in [0.15, 0.2) is 0 Å². The van der Waals surface area contributed by atoms with Crippen molar-refractivity contribution in [3.05, 3.63) is 70.3 Å². The van der Waals surface area contributed by atoms with Crippen molar-refractivity contribution in [2.75, 3.05) is 0 Å². The van der Waals surface area contributed by atoms with Crippen LogP contribution >= 0.6 is 0 Å². The Morgan fingerprint density at radius 2 is 1.61 bits per heavy atom. The van der Waals surface area contributed by atoms with E-state index in [4.69, 9.17) is 5.26 Å². The normalized spacial score (nSPS) is 10.5. The third-order valence-electron chi connectivity index (χ3n) is 3.04. The number of hydrogen-bond acceptors (Lipinski definition) is 1. The Kier molecular flexibility index (Phi) is 3.60. The third-order valence-corrected chi connectivity index (χ3v) is 3.04. The van der Waals surface area contributed by atoms with E-state index < -0.39 is 0 Å². The van der Waals surface area contributed by atoms with E-state index in [0.717, 1.165) is 22.3 Å². The first-order chi connectivity index (χ1) is 8.70. The smallest absolute Gasteiger partial charge is 0.0998 e. The summed E-state index contributed by atoms with van der Waals surface area (Å²) in [5.41, 5.74) is 5.21. The van der Waals surface area contributed by atoms with Crippen molar-refractivity contribution in [2.45, 2.75) is 13.8 Å². The van der Waals surface area contributed by atoms with Gasteiger partial charge < -0.3 is 0 Å². The Morgan fingerprint density at radius 3 is 2.28 bits per heavy atom. The summed E-state index contributed by atoms with van der Waals surface area (Å²) >= 11 is 0. The zero-order valence-corrected chi connectivity index (χ0v) is 10.6. The Bertz CT molecular complexity index is 616. The lowest BCUT2D eigenvalue weighted by Crippen LogP contribution is -1.88. The molecular weight excluding hydrogens is 218 g/mol. The lowest BCUT2D eigenvalue weighted by atomic mass is 10.00. The molecule has 0 unspecified atom stereocenters. The first-order valence-electron chi connectivity index (χ1n) is 5.95. The van der Waals surface area contributed by atoms with Gasteiger partial charge in [-0.05, 0) is 42.2 Å². The third kappa shape index (κ3) is 2.67. The van der Waals surface area contributed by atoms with E-state index in [1.807, 2.05) is 55.5 Å². The van der Waals surface area contributed by atoms with Gasteiger partial charge >= 0.3 is 0 Å². The van der Waals surface area contributed by atoms with Crippen LogP contribution in [0.3, 0.4) is 0 Å². The average molecular weight is 233 g/mol. The maximum Gasteiger partial charge on any atom is 0.0998 e. The second-order valence-corrected chi connectivity index (χ2v) is 4.38. The van der Waals surface area contributed by atoms with Gasteiger partial charge in [-0.15, -0.1) is 0 Å². The average Bonchev–Trinajstić information content (AvgIpc) is 2.41. The monoisotopic (exact) mass is 233 g/mol. The topological polar surface area (TPSA) is 23.8 Å². The van der Waals surface area contributed by atoms with Crippen LogP contribution in [0.15, 0.2) is 42.5 Å². The summed E-state index contributed by atoms with van der Waals surface area (Å²) in [5.74, 6) is 0. The molecule has 1 nitrogen and oxygen atoms in total. The standard InChI is InChI=1S/C17H15N/c1-13-10-16(17(12-18)11-14(13)2)9-8-15-6-4-3-5-7-15/h3-11H,1-2H3/b9-8+. The molecule has 2 aromatic rings. The number of hydrogen-bond donors (Lipinski definition) is 0. The predicted octanol–water partition coefficient (Wildman–Crippen LogP) is 4.35. The summed E-state index contributed by atoms with van der Waals surface area (Å²) in [7, 11) is 0. The van der Waals surface area contributed by atoms with Crippen LogP contribution in [0.5, 0.6) is 0 Å². The Labute approximate surface area is 108 Å². The quantitative estimate of drug-likeness (QED) is 0.707. The first kappa shape index (κ1) is 12.1. The van der Waals surface area contributed by atoms with Crippen LogP contribution in [-0.2, 0) is 0 Å². The van der Waals surface area contributed by atoms with Gasteiger partial charge in [-0.2, -0.15) is 5.26 Å². The highest BCUT2D eigenvalue weighted by Crippen LogP contribution is 2.18. The van der Waals surface area contributed by atoms with Crippen molar-refractivity contribution in [2.24, 2.45) is 0 Å². The molecule has 0 heterocycles. The number of nitriles is 1. The van der Waals surface area contributed by atoms with E-state index in [9.17, 15) is 0 Å². The van der Waals surface area contributed by atoms with E-state index in [2.05, 4.69) is 19.1 Å². The van der Waals surface area contributed by atoms with Crippen molar-refractivity contribution < 1.29 is 0 Å². The van der Waals surface area contributed by atoms with Crippen molar-refractivity contribution in [3.8, 4) is 6.07 Å². The fourth-order valence-electron chi connectivity index (χ4n) is 1.82. The van der Waals surface area contributed by atoms with Crippen LogP contribution in [0, 0.1) is 25.2 Å². The summed E-state index contributed by atoms with van der Waals surface area (Å²) in [6.45, 7) is 4.09. The van der Waals surface area contributed by atoms with Gasteiger partial charge in [0.1, 0.15) is 0 Å². The van der Waals surface area contributed by atoms with Crippen LogP contribution < -0.4 is 0 Å². The summed E-state index contributed by atoms with van der Waals surface area (Å²) in [6.07, 6.45) is 4.03. The molecule has 0 saturated heterocycles. The minimum atomic E-state index is 0.727. The molecule has 0 N–H and O–H groups in total. The van der Waals surface area contributed by atoms with Gasteiger partial charge in [-0.25, -0.2) is 0 Å². The Hall–Kier alpha value is -2.33. The highest BCUT2D eigenvalue weighted by atomic mass is 14.2. The van der Waals surface area contributed by atoms with E-state index in [-0.39, 0.29) is 0 Å². The van der Waals surface area contributed by atoms with Crippen molar-refractivity contribution in [1.29, 1.82) is 5.26 Å². The molecular formula is C17H15N. The van der Waals surface area contributed by atoms with E-state index in [1.54, 1.807) is 0 Å². The maximum atomic E-state index is 9.15. The van der Waals surface area contributed by atoms with Crippen molar-refractivity contribution >= 4 is 12.2 Å². The molecule has 0 radical (unpaired) electrons. The maximum absolute atomic E-state index is 9.15. The first-order valence-corrected chi connectivity index (χ1v) is 5.95. The van der Waals surface area contributed by atoms with Gasteiger partial charge in [0.2, 0.25) is 0 Å². The fourth-order valence-corrected chi connectivity index (χ4v) is 1.82. The zero-order valence-electron chi connectivity index (χ0n) is 10.6. The lowest BCUT2D eigenvalue weighted by molar-refractivity contribution is 1.31. The minimum absolute atomic E-state index is 0.727. The number of benzene rings is 2. The summed E-state index contributed by atoms with van der Waals surface area (Å²) in [4.78, 5) is 0. The molecule has 88 valence electrons. The summed E-state index contributed by atoms with van der Waals surface area (Å²) in [5, 5.41) is 9.15. The SMILES string of the molecule is Cc1cc(C#N)c(/C=C/c2ccccc2)cc1C. The molecule has 0 bridgehead atoms. The molecule has 0 fully saturated rings. The highest BCUT2D eigenvalue weighted by molar-refractivity contribution is 5.73. The Morgan fingerprint density at radius 1 is 0.944 bits per heavy atom. The molecule has 0 amide bonds. The van der Waals surface area contributed by atoms with Gasteiger partial charge in [0.05, 0.1) is 11.6 Å². The molecule has 2 rings (SSSR count). The second-order valence-electron chi connectivity index (χ2n) is 4.38. The van der Waals surface area contributed by atoms with Crippen LogP contribution in [0.2, 0.25) is 0 Å². The van der Waals surface area contributed by atoms with Gasteiger partial charge in [-0.1, -0.05) is 48.6 Å². The molecule has 2 aromatic carbocycles. The minimum Gasteiger partial charge on any atom is -0.192 e. The van der Waals surface area contributed by atoms with Gasteiger partial charge in [0, 0.05) is 0 Å². The largest absolute Gasteiger partial charge is 0.192 e. The molecule has 0 saturated carbocycles. The summed E-state index contributed by atoms with van der Waals surface area (Å²) < 4.78 is 0. The van der Waals surface area contributed by atoms with Crippen LogP contribution in [0.4, 0.5) is 0 Å². The van der Waals surface area contributed by atoms with E-state index in [0.29, 0.717) is 0 Å². The fraction of sp³-hybridized carbons (Fsp3) is 0.118. The highest BCUT2D eigenvalue weighted by Gasteiger charge is 2.01. The van der Waals surface area contributed by atoms with Crippen molar-refractivity contribution in [3.63, 3.8) is 0 Å².